The van der Waals surface area contributed by atoms with E-state index < -0.39 is 0 Å². The molecule has 0 spiro atoms. The van der Waals surface area contributed by atoms with Crippen LogP contribution in [0.5, 0.6) is 0 Å². The molecule has 0 radical (unpaired) electrons. The van der Waals surface area contributed by atoms with E-state index in [0.29, 0.717) is 23.6 Å². The van der Waals surface area contributed by atoms with Gasteiger partial charge in [0.2, 0.25) is 5.91 Å². The van der Waals surface area contributed by atoms with Gasteiger partial charge in [-0.15, -0.1) is 0 Å². The molecule has 1 aliphatic heterocycles. The molecule has 1 unspecified atom stereocenters. The summed E-state index contributed by atoms with van der Waals surface area (Å²) in [6, 6.07) is 18.8. The van der Waals surface area contributed by atoms with E-state index >= 15 is 0 Å². The molecule has 4 rings (SSSR count). The standard InChI is InChI=1S/C24H25N5O4/c30-22(16-29-23(31)13-12-21(28-29)17-5-2-1-3-6-17)26-18-8-10-19(11-9-18)27-24(32)25-15-20-7-4-14-33-20/h1-3,5-6,8-13,20H,4,7,14-16H2,(H,26,30)(H2,25,27,32). The summed E-state index contributed by atoms with van der Waals surface area (Å²) in [5.41, 5.74) is 2.23. The second-order valence-corrected chi connectivity index (χ2v) is 7.68. The Kier molecular flexibility index (Phi) is 7.11. The maximum atomic E-state index is 12.5. The molecule has 1 atom stereocenters. The largest absolute Gasteiger partial charge is 0.376 e. The van der Waals surface area contributed by atoms with Gasteiger partial charge in [-0.3, -0.25) is 9.59 Å². The second-order valence-electron chi connectivity index (χ2n) is 7.68. The molecule has 170 valence electrons. The van der Waals surface area contributed by atoms with Crippen molar-refractivity contribution in [3.63, 3.8) is 0 Å². The molecule has 33 heavy (non-hydrogen) atoms. The number of anilines is 2. The number of carbonyl (C=O) groups is 2. The summed E-state index contributed by atoms with van der Waals surface area (Å²) < 4.78 is 6.61. The number of ether oxygens (including phenoxy) is 1. The minimum atomic E-state index is -0.384. The van der Waals surface area contributed by atoms with Crippen LogP contribution in [0.25, 0.3) is 11.3 Å². The molecule has 9 nitrogen and oxygen atoms in total. The Morgan fingerprint density at radius 3 is 2.39 bits per heavy atom. The summed E-state index contributed by atoms with van der Waals surface area (Å²) in [4.78, 5) is 36.6. The Morgan fingerprint density at radius 1 is 0.970 bits per heavy atom. The Morgan fingerprint density at radius 2 is 1.70 bits per heavy atom. The number of carbonyl (C=O) groups excluding carboxylic acids is 2. The van der Waals surface area contributed by atoms with Gasteiger partial charge in [0.15, 0.2) is 0 Å². The van der Waals surface area contributed by atoms with Crippen molar-refractivity contribution in [3.8, 4) is 11.3 Å². The first kappa shape index (κ1) is 22.2. The van der Waals surface area contributed by atoms with Crippen LogP contribution in [-0.4, -0.2) is 41.0 Å². The van der Waals surface area contributed by atoms with Crippen LogP contribution in [0.2, 0.25) is 0 Å². The van der Waals surface area contributed by atoms with Crippen LogP contribution >= 0.6 is 0 Å². The van der Waals surface area contributed by atoms with Crippen LogP contribution in [0.4, 0.5) is 16.2 Å². The van der Waals surface area contributed by atoms with Gasteiger partial charge in [0, 0.05) is 36.2 Å². The highest BCUT2D eigenvalue weighted by molar-refractivity contribution is 5.92. The maximum Gasteiger partial charge on any atom is 0.319 e. The molecule has 1 aliphatic rings. The van der Waals surface area contributed by atoms with Crippen molar-refractivity contribution < 1.29 is 14.3 Å². The van der Waals surface area contributed by atoms with Gasteiger partial charge in [-0.25, -0.2) is 9.48 Å². The first-order valence-electron chi connectivity index (χ1n) is 10.8. The van der Waals surface area contributed by atoms with E-state index in [4.69, 9.17) is 4.74 Å². The predicted octanol–water partition coefficient (Wildman–Crippen LogP) is 2.85. The summed E-state index contributed by atoms with van der Waals surface area (Å²) in [6.07, 6.45) is 2.04. The molecule has 3 aromatic rings. The quantitative estimate of drug-likeness (QED) is 0.515. The minimum Gasteiger partial charge on any atom is -0.376 e. The third-order valence-electron chi connectivity index (χ3n) is 5.17. The molecule has 1 saturated heterocycles. The Labute approximate surface area is 190 Å². The van der Waals surface area contributed by atoms with Crippen molar-refractivity contribution >= 4 is 23.3 Å². The average molecular weight is 447 g/mol. The molecule has 2 aromatic carbocycles. The predicted molar refractivity (Wildman–Crippen MR) is 125 cm³/mol. The summed E-state index contributed by atoms with van der Waals surface area (Å²) in [7, 11) is 0. The van der Waals surface area contributed by atoms with Gasteiger partial charge in [0.05, 0.1) is 11.8 Å². The van der Waals surface area contributed by atoms with E-state index in [1.165, 1.54) is 6.07 Å². The normalized spacial score (nSPS) is 15.1. The van der Waals surface area contributed by atoms with Crippen molar-refractivity contribution in [2.75, 3.05) is 23.8 Å². The van der Waals surface area contributed by atoms with Gasteiger partial charge >= 0.3 is 6.03 Å². The van der Waals surface area contributed by atoms with Gasteiger partial charge in [0.25, 0.3) is 5.56 Å². The summed E-state index contributed by atoms with van der Waals surface area (Å²) in [5, 5.41) is 12.6. The van der Waals surface area contributed by atoms with E-state index in [-0.39, 0.29) is 30.1 Å². The average Bonchev–Trinajstić information content (AvgIpc) is 3.35. The van der Waals surface area contributed by atoms with Gasteiger partial charge in [0.1, 0.15) is 6.54 Å². The lowest BCUT2D eigenvalue weighted by molar-refractivity contribution is -0.117. The second kappa shape index (κ2) is 10.6. The van der Waals surface area contributed by atoms with Crippen molar-refractivity contribution in [1.82, 2.24) is 15.1 Å². The van der Waals surface area contributed by atoms with Crippen LogP contribution in [0.1, 0.15) is 12.8 Å². The molecule has 0 saturated carbocycles. The zero-order chi connectivity index (χ0) is 23.0. The summed E-state index contributed by atoms with van der Waals surface area (Å²) >= 11 is 0. The first-order chi connectivity index (χ1) is 16.1. The lowest BCUT2D eigenvalue weighted by atomic mass is 10.1. The van der Waals surface area contributed by atoms with Crippen LogP contribution in [-0.2, 0) is 16.1 Å². The highest BCUT2D eigenvalue weighted by atomic mass is 16.5. The third kappa shape index (κ3) is 6.27. The first-order valence-corrected chi connectivity index (χ1v) is 10.8. The highest BCUT2D eigenvalue weighted by Crippen LogP contribution is 2.15. The zero-order valence-corrected chi connectivity index (χ0v) is 18.0. The monoisotopic (exact) mass is 447 g/mol. The number of hydrogen-bond donors (Lipinski definition) is 3. The highest BCUT2D eigenvalue weighted by Gasteiger charge is 2.16. The van der Waals surface area contributed by atoms with E-state index in [2.05, 4.69) is 21.0 Å². The van der Waals surface area contributed by atoms with Crippen molar-refractivity contribution in [2.24, 2.45) is 0 Å². The topological polar surface area (TPSA) is 114 Å². The van der Waals surface area contributed by atoms with Crippen LogP contribution in [0.3, 0.4) is 0 Å². The SMILES string of the molecule is O=C(Cn1nc(-c2ccccc2)ccc1=O)Nc1ccc(NC(=O)NCC2CCCO2)cc1. The lowest BCUT2D eigenvalue weighted by Crippen LogP contribution is -2.35. The maximum absolute atomic E-state index is 12.5. The van der Waals surface area contributed by atoms with Crippen LogP contribution in [0, 0.1) is 0 Å². The molecular weight excluding hydrogens is 422 g/mol. The van der Waals surface area contributed by atoms with E-state index in [1.54, 1.807) is 30.3 Å². The molecule has 9 heteroatoms. The Bertz CT molecular complexity index is 1160. The number of aromatic nitrogens is 2. The van der Waals surface area contributed by atoms with Crippen molar-refractivity contribution in [3.05, 3.63) is 77.1 Å². The van der Waals surface area contributed by atoms with Gasteiger partial charge in [-0.05, 0) is 43.2 Å². The van der Waals surface area contributed by atoms with Crippen LogP contribution in [0.15, 0.2) is 71.5 Å². The molecular formula is C24H25N5O4. The number of urea groups is 1. The van der Waals surface area contributed by atoms with Crippen molar-refractivity contribution in [2.45, 2.75) is 25.5 Å². The Balaban J connectivity index is 1.31. The molecule has 3 amide bonds. The van der Waals surface area contributed by atoms with Crippen LogP contribution < -0.4 is 21.5 Å². The van der Waals surface area contributed by atoms with Gasteiger partial charge in [-0.1, -0.05) is 30.3 Å². The van der Waals surface area contributed by atoms with Crippen molar-refractivity contribution in [1.29, 1.82) is 0 Å². The van der Waals surface area contributed by atoms with E-state index in [9.17, 15) is 14.4 Å². The third-order valence-corrected chi connectivity index (χ3v) is 5.17. The van der Waals surface area contributed by atoms with E-state index in [1.807, 2.05) is 30.3 Å². The molecule has 0 bridgehead atoms. The smallest absolute Gasteiger partial charge is 0.319 e. The number of benzene rings is 2. The zero-order valence-electron chi connectivity index (χ0n) is 18.0. The molecule has 2 heterocycles. The Hall–Kier alpha value is -3.98. The van der Waals surface area contributed by atoms with Gasteiger partial charge in [-0.2, -0.15) is 5.10 Å². The molecule has 1 aromatic heterocycles. The lowest BCUT2D eigenvalue weighted by Gasteiger charge is -2.12. The molecule has 0 aliphatic carbocycles. The summed E-state index contributed by atoms with van der Waals surface area (Å²) in [6.45, 7) is 0.994. The fourth-order valence-electron chi connectivity index (χ4n) is 3.49. The number of rotatable bonds is 7. The molecule has 1 fully saturated rings. The number of nitrogens with zero attached hydrogens (tertiary/aromatic N) is 2. The van der Waals surface area contributed by atoms with Gasteiger partial charge < -0.3 is 20.7 Å². The fourth-order valence-corrected chi connectivity index (χ4v) is 3.49. The minimum absolute atomic E-state index is 0.0729. The number of amides is 3. The number of nitrogens with one attached hydrogen (secondary N) is 3. The number of hydrogen-bond acceptors (Lipinski definition) is 5. The fraction of sp³-hybridized carbons (Fsp3) is 0.250. The summed E-state index contributed by atoms with van der Waals surface area (Å²) in [5.74, 6) is -0.384. The molecule has 3 N–H and O–H groups in total. The van der Waals surface area contributed by atoms with E-state index in [0.717, 1.165) is 29.7 Å².